The van der Waals surface area contributed by atoms with E-state index in [1.54, 1.807) is 34.8 Å². The highest BCUT2D eigenvalue weighted by molar-refractivity contribution is 7.34. The van der Waals surface area contributed by atoms with Crippen molar-refractivity contribution in [2.24, 2.45) is 11.8 Å². The number of thiophene rings is 4. The maximum Gasteiger partial charge on any atom is 0.194 e. The third kappa shape index (κ3) is 24.7. The first-order valence-electron chi connectivity index (χ1n) is 50.2. The van der Waals surface area contributed by atoms with E-state index in [1.807, 2.05) is 59.1 Å². The minimum Gasteiger partial charge on any atom is -0.337 e. The molecule has 2 aliphatic carbocycles. The summed E-state index contributed by atoms with van der Waals surface area (Å²) in [5, 5.41) is 43.8. The van der Waals surface area contributed by atoms with Crippen molar-refractivity contribution in [2.75, 3.05) is 0 Å². The Balaban J connectivity index is 1.11. The summed E-state index contributed by atoms with van der Waals surface area (Å²) in [6.45, 7) is 15.3. The molecule has 0 saturated carbocycles. The highest BCUT2D eigenvalue weighted by atomic mass is 32.1. The van der Waals surface area contributed by atoms with Crippen LogP contribution in [0.3, 0.4) is 0 Å². The lowest BCUT2D eigenvalue weighted by Gasteiger charge is -2.22. The second-order valence-corrected chi connectivity index (χ2v) is 41.7. The predicted molar refractivity (Wildman–Crippen MR) is 541 cm³/mol. The molecule has 129 heavy (non-hydrogen) atoms. The van der Waals surface area contributed by atoms with Crippen molar-refractivity contribution in [3.63, 3.8) is 0 Å². The Morgan fingerprint density at radius 2 is 0.620 bits per heavy atom. The Bertz CT molecular complexity index is 5800. The van der Waals surface area contributed by atoms with Gasteiger partial charge in [-0.3, -0.25) is 9.59 Å². The second-order valence-electron chi connectivity index (χ2n) is 37.0. The summed E-state index contributed by atoms with van der Waals surface area (Å²) in [5.74, 6) is -5.12. The van der Waals surface area contributed by atoms with Gasteiger partial charge in [-0.15, -0.1) is 45.3 Å². The Labute approximate surface area is 786 Å². The van der Waals surface area contributed by atoms with Gasteiger partial charge in [0.05, 0.1) is 62.0 Å². The highest BCUT2D eigenvalue weighted by Crippen LogP contribution is 2.56. The van der Waals surface area contributed by atoms with Crippen LogP contribution in [0.5, 0.6) is 0 Å². The molecule has 0 saturated heterocycles. The number of halogens is 4. The molecule has 0 amide bonds. The molecule has 10 aromatic rings. The largest absolute Gasteiger partial charge is 0.337 e. The topological polar surface area (TPSA) is 165 Å². The summed E-state index contributed by atoms with van der Waals surface area (Å²) in [5.41, 5.74) is 8.57. The smallest absolute Gasteiger partial charge is 0.194 e. The van der Waals surface area contributed by atoms with Gasteiger partial charge in [0.2, 0.25) is 0 Å². The first kappa shape index (κ1) is 99.9. The fourth-order valence-corrected chi connectivity index (χ4v) is 26.7. The van der Waals surface area contributed by atoms with Crippen molar-refractivity contribution in [1.29, 1.82) is 21.0 Å². The zero-order valence-corrected chi connectivity index (χ0v) is 82.1. The monoisotopic (exact) mass is 1840 g/mol. The van der Waals surface area contributed by atoms with Crippen LogP contribution < -0.4 is 0 Å². The van der Waals surface area contributed by atoms with Crippen molar-refractivity contribution < 1.29 is 27.2 Å². The molecule has 0 aliphatic heterocycles. The number of nitrogens with zero attached hydrogens (tertiary/aromatic N) is 8. The number of ketones is 2. The molecule has 0 radical (unpaired) electrons. The fraction of sp³-hybridized carbons (Fsp3) is 0.564. The van der Waals surface area contributed by atoms with Crippen LogP contribution in [0.1, 0.15) is 415 Å². The van der Waals surface area contributed by atoms with E-state index >= 15 is 17.6 Å². The Hall–Kier alpha value is -8.14. The molecule has 0 fully saturated rings. The number of carbonyl (C=O) groups is 2. The summed E-state index contributed by atoms with van der Waals surface area (Å²) >= 11 is 8.70. The number of aryl methyl sites for hydroxylation is 2. The number of hydrogen-bond donors (Lipinski definition) is 0. The SMILES string of the molecule is CCCCCCCCCCCCC(CCCCCCCCCC)Cn1c2c3sc(/C=C/C=C4\C(=O)c5cc(F)c(F)cc5C4=C(C#N)C#N)c(CCCCCCCCCCC)c3sc2c2c3nsnc3c3c4sc5c(CCCCCCCCCCC)c(/C=C/C=C6\C(=O)c7cc(F)c(F)cc7C6=C(C#N)C#N)sc5c4n(CC(CCCCCC)CCCCCCCC)c3c21. The lowest BCUT2D eigenvalue weighted by molar-refractivity contribution is 0.103. The molecular formula is C110H138F4N8O2S5. The molecule has 12 rings (SSSR count). The van der Waals surface area contributed by atoms with E-state index in [1.165, 1.54) is 298 Å². The molecule has 10 nitrogen and oxygen atoms in total. The average Bonchev–Trinajstić information content (AvgIpc) is 1.50. The van der Waals surface area contributed by atoms with Gasteiger partial charge in [0.15, 0.2) is 34.8 Å². The van der Waals surface area contributed by atoms with E-state index in [2.05, 4.69) is 62.8 Å². The maximum absolute atomic E-state index is 15.2. The fourth-order valence-electron chi connectivity index (χ4n) is 20.3. The molecule has 2 aliphatic rings. The molecule has 2 unspecified atom stereocenters. The number of hydrogen-bond acceptors (Lipinski definition) is 13. The van der Waals surface area contributed by atoms with Gasteiger partial charge in [0.25, 0.3) is 0 Å². The lowest BCUT2D eigenvalue weighted by atomic mass is 9.93. The first-order chi connectivity index (χ1) is 63.2. The highest BCUT2D eigenvalue weighted by Gasteiger charge is 2.38. The standard InChI is InChI=1S/C110H138F4N8O2S5/c1-7-13-19-25-30-34-37-39-44-50-58-76(57-49-43-38-33-28-22-16-10-4)74-122-100-96(108-102(122)110-106(128-108)80(60-52-46-41-36-32-27-21-15-9-3)92(126-110)64-54-62-82-94(78(71-117)72-118)84-66-88(112)90(114)68-86(84)104(82)124)98-97(119-129-120-98)95-99(100)121(73-75(55-47-24-18-12-6)56-48-42-29-23-17-11-5)101-107(95)127-105-79(59-51-45-40-35-31-26-20-14-8-2)91(125-109(101)105)63-53-61-81-93(77(69-115)70-116)83-65-87(111)89(113)67-85(83)103(81)123/h53-54,61-68,75-76H,7-52,55-60,73-74H2,1-6H3/b63-53+,64-54+,81-61-,82-62-. The molecule has 688 valence electrons. The normalized spacial score (nSPS) is 14.1. The molecular weight excluding hydrogens is 1700 g/mol. The Kier molecular flexibility index (Phi) is 40.1. The van der Waals surface area contributed by atoms with Gasteiger partial charge in [-0.1, -0.05) is 348 Å². The van der Waals surface area contributed by atoms with Gasteiger partial charge < -0.3 is 9.13 Å². The van der Waals surface area contributed by atoms with Gasteiger partial charge >= 0.3 is 0 Å². The predicted octanol–water partition coefficient (Wildman–Crippen LogP) is 36.2. The van der Waals surface area contributed by atoms with Crippen LogP contribution in [0.2, 0.25) is 0 Å². The van der Waals surface area contributed by atoms with Gasteiger partial charge in [-0.25, -0.2) is 17.6 Å². The van der Waals surface area contributed by atoms with Crippen LogP contribution in [0.4, 0.5) is 17.6 Å². The van der Waals surface area contributed by atoms with Crippen LogP contribution >= 0.6 is 57.1 Å². The van der Waals surface area contributed by atoms with Crippen molar-refractivity contribution in [1.82, 2.24) is 17.9 Å². The minimum atomic E-state index is -1.18. The number of rotatable bonds is 60. The summed E-state index contributed by atoms with van der Waals surface area (Å²) < 4.78 is 84.7. The Morgan fingerprint density at radius 1 is 0.349 bits per heavy atom. The van der Waals surface area contributed by atoms with E-state index in [0.29, 0.717) is 11.8 Å². The number of benzene rings is 3. The molecule has 7 heterocycles. The van der Waals surface area contributed by atoms with Crippen LogP contribution in [0.25, 0.3) is 95.4 Å². The number of aromatic nitrogens is 4. The molecule has 0 N–H and O–H groups in total. The van der Waals surface area contributed by atoms with Gasteiger partial charge in [-0.05, 0) is 122 Å². The Morgan fingerprint density at radius 3 is 0.915 bits per heavy atom. The molecule has 3 aromatic carbocycles. The number of unbranched alkanes of at least 4 members (excludes halogenated alkanes) is 40. The number of allylic oxidation sites excluding steroid dienone is 10. The van der Waals surface area contributed by atoms with E-state index in [9.17, 15) is 30.6 Å². The second kappa shape index (κ2) is 51.8. The molecule has 0 bridgehead atoms. The van der Waals surface area contributed by atoms with E-state index in [0.717, 1.165) is 178 Å². The van der Waals surface area contributed by atoms with E-state index in [4.69, 9.17) is 8.75 Å². The van der Waals surface area contributed by atoms with Crippen molar-refractivity contribution in [3.8, 4) is 24.3 Å². The zero-order valence-electron chi connectivity index (χ0n) is 78.1. The maximum atomic E-state index is 15.2. The number of carbonyl (C=O) groups excluding carboxylic acids is 2. The minimum absolute atomic E-state index is 0.00577. The van der Waals surface area contributed by atoms with Crippen molar-refractivity contribution >= 4 is 164 Å². The lowest BCUT2D eigenvalue weighted by Crippen LogP contribution is -2.14. The van der Waals surface area contributed by atoms with Crippen molar-refractivity contribution in [2.45, 2.75) is 389 Å². The molecule has 0 spiro atoms. The van der Waals surface area contributed by atoms with Crippen LogP contribution in [0.15, 0.2) is 70.9 Å². The van der Waals surface area contributed by atoms with E-state index < -0.39 is 34.8 Å². The summed E-state index contributed by atoms with van der Waals surface area (Å²) in [6, 6.07) is 11.4. The van der Waals surface area contributed by atoms with Crippen LogP contribution in [-0.2, 0) is 25.9 Å². The molecule has 2 atom stereocenters. The summed E-state index contributed by atoms with van der Waals surface area (Å²) in [7, 11) is 0. The summed E-state index contributed by atoms with van der Waals surface area (Å²) in [6.07, 6.45) is 73.0. The number of fused-ring (bicyclic) bond motifs is 16. The summed E-state index contributed by atoms with van der Waals surface area (Å²) in [4.78, 5) is 31.1. The first-order valence-corrected chi connectivity index (χ1v) is 54.2. The number of Topliss-reactive ketones (excluding diaryl/α,β-unsaturated/α-hetero) is 2. The average molecular weight is 1840 g/mol. The van der Waals surface area contributed by atoms with Crippen LogP contribution in [0, 0.1) is 80.4 Å². The molecule has 7 aromatic heterocycles. The quantitative estimate of drug-likeness (QED) is 0.0157. The van der Waals surface area contributed by atoms with Gasteiger partial charge in [-0.2, -0.15) is 29.8 Å². The third-order valence-electron chi connectivity index (χ3n) is 27.4. The van der Waals surface area contributed by atoms with Crippen molar-refractivity contribution in [3.05, 3.63) is 137 Å². The van der Waals surface area contributed by atoms with Gasteiger partial charge in [0, 0.05) is 67.0 Å². The van der Waals surface area contributed by atoms with Gasteiger partial charge in [0.1, 0.15) is 46.5 Å². The zero-order chi connectivity index (χ0) is 91.0. The molecule has 19 heteroatoms. The third-order valence-corrected chi connectivity index (χ3v) is 33.1. The van der Waals surface area contributed by atoms with Crippen LogP contribution in [-0.4, -0.2) is 29.4 Å². The number of nitriles is 4. The van der Waals surface area contributed by atoms with E-state index in [-0.39, 0.29) is 55.7 Å².